The zero-order valence-corrected chi connectivity index (χ0v) is 15.8. The molecular weight excluding hydrogens is 344 g/mol. The summed E-state index contributed by atoms with van der Waals surface area (Å²) in [5.41, 5.74) is 0. The highest BCUT2D eigenvalue weighted by Crippen LogP contribution is 2.50. The molecule has 8 heteroatoms. The van der Waals surface area contributed by atoms with Crippen molar-refractivity contribution in [1.29, 1.82) is 0 Å². The minimum Gasteiger partial charge on any atom is -0.461 e. The number of carbonyl (C=O) groups is 3. The molecule has 7 atom stereocenters. The zero-order valence-electron chi connectivity index (χ0n) is 15.0. The van der Waals surface area contributed by atoms with E-state index >= 15 is 0 Å². The molecule has 7 unspecified atom stereocenters. The van der Waals surface area contributed by atoms with E-state index in [9.17, 15) is 19.5 Å². The third-order valence-electron chi connectivity index (χ3n) is 5.33. The Morgan fingerprint density at radius 3 is 2.56 bits per heavy atom. The van der Waals surface area contributed by atoms with Gasteiger partial charge in [0, 0.05) is 11.8 Å². The maximum Gasteiger partial charge on any atom is 0.330 e. The van der Waals surface area contributed by atoms with E-state index in [0.29, 0.717) is 6.54 Å². The zero-order chi connectivity index (χ0) is 18.5. The first kappa shape index (κ1) is 18.5. The molecule has 3 aliphatic rings. The molecule has 3 aliphatic heterocycles. The number of β-lactam (4-membered cyclic amide) rings is 1. The van der Waals surface area contributed by atoms with Gasteiger partial charge in [0.05, 0.1) is 29.4 Å². The molecule has 0 aromatic carbocycles. The molecule has 0 aliphatic carbocycles. The maximum atomic E-state index is 12.7. The van der Waals surface area contributed by atoms with E-state index in [1.165, 1.54) is 11.8 Å². The molecule has 2 amide bonds. The largest absolute Gasteiger partial charge is 0.461 e. The van der Waals surface area contributed by atoms with Crippen molar-refractivity contribution in [2.45, 2.75) is 68.9 Å². The number of aliphatic hydroxyl groups excluding tert-OH is 1. The summed E-state index contributed by atoms with van der Waals surface area (Å²) in [6.45, 7) is 7.79. The van der Waals surface area contributed by atoms with Crippen LogP contribution in [-0.4, -0.2) is 69.1 Å². The van der Waals surface area contributed by atoms with Gasteiger partial charge in [-0.2, -0.15) is 0 Å². The molecule has 3 rings (SSSR count). The average molecular weight is 370 g/mol. The number of fused-ring (bicyclic) bond motifs is 1. The van der Waals surface area contributed by atoms with Gasteiger partial charge in [-0.05, 0) is 33.1 Å². The molecule has 3 heterocycles. The van der Waals surface area contributed by atoms with E-state index < -0.39 is 24.0 Å². The molecule has 140 valence electrons. The monoisotopic (exact) mass is 370 g/mol. The Morgan fingerprint density at radius 2 is 2.04 bits per heavy atom. The number of aliphatic hydroxyl groups is 1. The van der Waals surface area contributed by atoms with Crippen molar-refractivity contribution in [2.75, 3.05) is 6.54 Å². The van der Waals surface area contributed by atoms with Crippen LogP contribution in [0.2, 0.25) is 0 Å². The molecule has 3 fully saturated rings. The van der Waals surface area contributed by atoms with Crippen LogP contribution in [0.3, 0.4) is 0 Å². The van der Waals surface area contributed by atoms with Gasteiger partial charge in [-0.3, -0.25) is 9.59 Å². The number of amides is 2. The van der Waals surface area contributed by atoms with E-state index in [0.717, 1.165) is 6.42 Å². The lowest BCUT2D eigenvalue weighted by atomic mass is 9.79. The molecular formula is C17H26N2O5S. The summed E-state index contributed by atoms with van der Waals surface area (Å²) >= 11 is 1.47. The SMILES string of the molecule is CC(C)OC(=O)C1C(SC2CCNC2=O)C(C)C2C(C(C)O)C(=O)N12. The number of thioether (sulfide) groups is 1. The number of esters is 1. The first-order valence-corrected chi connectivity index (χ1v) is 9.82. The summed E-state index contributed by atoms with van der Waals surface area (Å²) in [4.78, 5) is 38.8. The Morgan fingerprint density at radius 1 is 1.36 bits per heavy atom. The second-order valence-corrected chi connectivity index (χ2v) is 8.85. The first-order valence-electron chi connectivity index (χ1n) is 8.88. The second-order valence-electron chi connectivity index (χ2n) is 7.46. The lowest BCUT2D eigenvalue weighted by Crippen LogP contribution is -2.66. The minimum atomic E-state index is -0.753. The van der Waals surface area contributed by atoms with E-state index in [1.807, 2.05) is 6.92 Å². The molecule has 3 saturated heterocycles. The van der Waals surface area contributed by atoms with Crippen LogP contribution >= 0.6 is 11.8 Å². The van der Waals surface area contributed by atoms with Gasteiger partial charge < -0.3 is 20.1 Å². The molecule has 7 nitrogen and oxygen atoms in total. The predicted molar refractivity (Wildman–Crippen MR) is 92.8 cm³/mol. The predicted octanol–water partition coefficient (Wildman–Crippen LogP) is 0.154. The van der Waals surface area contributed by atoms with Gasteiger partial charge in [0.1, 0.15) is 6.04 Å². The topological polar surface area (TPSA) is 95.9 Å². The highest BCUT2D eigenvalue weighted by Gasteiger charge is 2.65. The van der Waals surface area contributed by atoms with Crippen molar-refractivity contribution in [1.82, 2.24) is 10.2 Å². The fraction of sp³-hybridized carbons (Fsp3) is 0.824. The van der Waals surface area contributed by atoms with E-state index in [-0.39, 0.29) is 40.4 Å². The van der Waals surface area contributed by atoms with Crippen LogP contribution in [0.4, 0.5) is 0 Å². The summed E-state index contributed by atoms with van der Waals surface area (Å²) in [6.07, 6.45) is -0.306. The van der Waals surface area contributed by atoms with Gasteiger partial charge >= 0.3 is 5.97 Å². The number of hydrogen-bond donors (Lipinski definition) is 2. The number of nitrogens with one attached hydrogen (secondary N) is 1. The van der Waals surface area contributed by atoms with Crippen LogP contribution in [0, 0.1) is 11.8 Å². The summed E-state index contributed by atoms with van der Waals surface area (Å²) in [5.74, 6) is -1.11. The van der Waals surface area contributed by atoms with E-state index in [2.05, 4.69) is 5.32 Å². The van der Waals surface area contributed by atoms with Crippen LogP contribution in [0.25, 0.3) is 0 Å². The fourth-order valence-corrected chi connectivity index (χ4v) is 5.87. The Bertz CT molecular complexity index is 581. The van der Waals surface area contributed by atoms with Crippen LogP contribution in [0.1, 0.15) is 34.1 Å². The van der Waals surface area contributed by atoms with Gasteiger partial charge in [0.25, 0.3) is 0 Å². The summed E-state index contributed by atoms with van der Waals surface area (Å²) in [7, 11) is 0. The van der Waals surface area contributed by atoms with Gasteiger partial charge in [-0.1, -0.05) is 6.92 Å². The molecule has 0 bridgehead atoms. The standard InChI is InChI=1S/C17H26N2O5S/c1-7(2)24-17(23)13-14(25-10-5-6-18-15(10)21)8(3)12-11(9(4)20)16(22)19(12)13/h7-14,20H,5-6H2,1-4H3,(H,18,21). The van der Waals surface area contributed by atoms with Crippen molar-refractivity contribution < 1.29 is 24.2 Å². The third kappa shape index (κ3) is 3.03. The Labute approximate surface area is 151 Å². The summed E-state index contributed by atoms with van der Waals surface area (Å²) in [6, 6.07) is -0.873. The van der Waals surface area contributed by atoms with E-state index in [4.69, 9.17) is 4.74 Å². The molecule has 25 heavy (non-hydrogen) atoms. The first-order chi connectivity index (χ1) is 11.7. The van der Waals surface area contributed by atoms with Gasteiger partial charge in [-0.25, -0.2) is 4.79 Å². The number of carbonyl (C=O) groups excluding carboxylic acids is 3. The van der Waals surface area contributed by atoms with E-state index in [1.54, 1.807) is 25.7 Å². The Balaban J connectivity index is 1.86. The van der Waals surface area contributed by atoms with Crippen molar-refractivity contribution in [3.05, 3.63) is 0 Å². The van der Waals surface area contributed by atoms with Crippen molar-refractivity contribution >= 4 is 29.5 Å². The normalized spacial score (nSPS) is 38.4. The van der Waals surface area contributed by atoms with Gasteiger partial charge in [0.2, 0.25) is 11.8 Å². The van der Waals surface area contributed by atoms with Crippen LogP contribution in [0.15, 0.2) is 0 Å². The highest BCUT2D eigenvalue weighted by molar-refractivity contribution is 8.01. The van der Waals surface area contributed by atoms with Gasteiger partial charge in [0.15, 0.2) is 0 Å². The minimum absolute atomic E-state index is 0.000382. The van der Waals surface area contributed by atoms with Crippen molar-refractivity contribution in [3.8, 4) is 0 Å². The number of nitrogens with zero attached hydrogens (tertiary/aromatic N) is 1. The van der Waals surface area contributed by atoms with Gasteiger partial charge in [-0.15, -0.1) is 11.8 Å². The number of hydrogen-bond acceptors (Lipinski definition) is 6. The molecule has 0 aromatic rings. The number of ether oxygens (including phenoxy) is 1. The third-order valence-corrected chi connectivity index (χ3v) is 7.11. The Kier molecular flexibility index (Phi) is 5.03. The lowest BCUT2D eigenvalue weighted by Gasteiger charge is -2.47. The van der Waals surface area contributed by atoms with Crippen LogP contribution in [0.5, 0.6) is 0 Å². The lowest BCUT2D eigenvalue weighted by molar-refractivity contribution is -0.174. The molecule has 0 aromatic heterocycles. The number of rotatable bonds is 5. The molecule has 0 saturated carbocycles. The summed E-state index contributed by atoms with van der Waals surface area (Å²) in [5, 5.41) is 12.3. The molecule has 0 radical (unpaired) electrons. The quantitative estimate of drug-likeness (QED) is 0.528. The fourth-order valence-electron chi connectivity index (χ4n) is 4.23. The van der Waals surface area contributed by atoms with Crippen LogP contribution in [-0.2, 0) is 19.1 Å². The molecule has 0 spiro atoms. The Hall–Kier alpha value is -1.28. The maximum absolute atomic E-state index is 12.7. The second kappa shape index (κ2) is 6.79. The molecule has 2 N–H and O–H groups in total. The highest BCUT2D eigenvalue weighted by atomic mass is 32.2. The average Bonchev–Trinajstić information content (AvgIpc) is 3.00. The van der Waals surface area contributed by atoms with Crippen molar-refractivity contribution in [3.63, 3.8) is 0 Å². The van der Waals surface area contributed by atoms with Crippen LogP contribution < -0.4 is 5.32 Å². The summed E-state index contributed by atoms with van der Waals surface area (Å²) < 4.78 is 5.39. The van der Waals surface area contributed by atoms with Crippen molar-refractivity contribution in [2.24, 2.45) is 11.8 Å². The smallest absolute Gasteiger partial charge is 0.330 e.